The second kappa shape index (κ2) is 6.99. The number of halogens is 1. The summed E-state index contributed by atoms with van der Waals surface area (Å²) in [5.74, 6) is -0.774. The molecular formula is C16H26BrNO4. The molecule has 126 valence electrons. The average Bonchev–Trinajstić information content (AvgIpc) is 2.76. The summed E-state index contributed by atoms with van der Waals surface area (Å²) >= 11 is 3.58. The van der Waals surface area contributed by atoms with Crippen molar-refractivity contribution in [2.45, 2.75) is 83.7 Å². The molecule has 1 aliphatic carbocycles. The van der Waals surface area contributed by atoms with Gasteiger partial charge in [-0.15, -0.1) is 0 Å². The third kappa shape index (κ3) is 3.91. The third-order valence-corrected chi connectivity index (χ3v) is 4.78. The number of rotatable bonds is 5. The molecule has 22 heavy (non-hydrogen) atoms. The minimum atomic E-state index is -0.678. The summed E-state index contributed by atoms with van der Waals surface area (Å²) in [6.07, 6.45) is 3.30. The molecule has 0 radical (unpaired) electrons. The Balaban J connectivity index is 2.26. The van der Waals surface area contributed by atoms with Crippen molar-refractivity contribution in [2.24, 2.45) is 0 Å². The van der Waals surface area contributed by atoms with E-state index in [0.717, 1.165) is 17.3 Å². The highest BCUT2D eigenvalue weighted by Crippen LogP contribution is 2.40. The summed E-state index contributed by atoms with van der Waals surface area (Å²) in [7, 11) is 0. The van der Waals surface area contributed by atoms with E-state index in [-0.39, 0.29) is 36.4 Å². The molecule has 1 amide bonds. The molecule has 0 bridgehead atoms. The van der Waals surface area contributed by atoms with Crippen LogP contribution in [0, 0.1) is 0 Å². The first-order chi connectivity index (χ1) is 10.3. The first-order valence-corrected chi connectivity index (χ1v) is 8.72. The lowest BCUT2D eigenvalue weighted by Crippen LogP contribution is -2.57. The third-order valence-electron chi connectivity index (χ3n) is 4.06. The number of ether oxygens (including phenoxy) is 3. The van der Waals surface area contributed by atoms with Gasteiger partial charge < -0.3 is 19.5 Å². The van der Waals surface area contributed by atoms with E-state index in [9.17, 15) is 4.79 Å². The van der Waals surface area contributed by atoms with Crippen LogP contribution >= 0.6 is 15.9 Å². The number of carbonyl (C=O) groups excluding carboxylic acids is 1. The lowest BCUT2D eigenvalue weighted by atomic mass is 9.93. The Morgan fingerprint density at radius 1 is 1.41 bits per heavy atom. The zero-order valence-electron chi connectivity index (χ0n) is 13.9. The van der Waals surface area contributed by atoms with E-state index in [1.54, 1.807) is 0 Å². The Kier molecular flexibility index (Phi) is 5.69. The van der Waals surface area contributed by atoms with E-state index in [1.807, 2.05) is 19.9 Å². The van der Waals surface area contributed by atoms with Gasteiger partial charge in [0.25, 0.3) is 0 Å². The van der Waals surface area contributed by atoms with Gasteiger partial charge >= 0.3 is 0 Å². The highest BCUT2D eigenvalue weighted by atomic mass is 79.9. The van der Waals surface area contributed by atoms with Crippen LogP contribution in [0.4, 0.5) is 0 Å². The Morgan fingerprint density at radius 2 is 2.05 bits per heavy atom. The molecule has 0 aromatic heterocycles. The molecule has 4 atom stereocenters. The van der Waals surface area contributed by atoms with Crippen molar-refractivity contribution in [3.8, 4) is 0 Å². The van der Waals surface area contributed by atoms with Crippen LogP contribution in [0.15, 0.2) is 10.6 Å². The highest BCUT2D eigenvalue weighted by Gasteiger charge is 2.51. The van der Waals surface area contributed by atoms with Crippen molar-refractivity contribution in [2.75, 3.05) is 0 Å². The minimum Gasteiger partial charge on any atom is -0.369 e. The molecule has 0 spiro atoms. The van der Waals surface area contributed by atoms with Crippen LogP contribution in [0.1, 0.15) is 47.5 Å². The van der Waals surface area contributed by atoms with Gasteiger partial charge in [-0.2, -0.15) is 0 Å². The fourth-order valence-corrected chi connectivity index (χ4v) is 3.65. The second-order valence-corrected chi connectivity index (χ2v) is 7.25. The van der Waals surface area contributed by atoms with Gasteiger partial charge in [0.15, 0.2) is 5.79 Å². The first-order valence-electron chi connectivity index (χ1n) is 7.92. The molecule has 0 unspecified atom stereocenters. The Hall–Kier alpha value is -0.430. The molecule has 0 aromatic carbocycles. The van der Waals surface area contributed by atoms with Crippen LogP contribution in [0.3, 0.4) is 0 Å². The molecule has 1 fully saturated rings. The summed E-state index contributed by atoms with van der Waals surface area (Å²) in [5, 5.41) is 2.98. The standard InChI is InChI=1S/C16H26BrNO4/c1-6-10(7-2)20-12-8-11(17)14-15(13(12)18-9(3)19)22-16(4,5)21-14/h8,10,12-15H,6-7H2,1-5H3,(H,18,19)/t12-,13-,14+,15-/m0/s1. The molecular weight excluding hydrogens is 350 g/mol. The quantitative estimate of drug-likeness (QED) is 0.802. The van der Waals surface area contributed by atoms with E-state index in [0.29, 0.717) is 0 Å². The number of amides is 1. The van der Waals surface area contributed by atoms with E-state index in [2.05, 4.69) is 35.1 Å². The van der Waals surface area contributed by atoms with E-state index < -0.39 is 5.79 Å². The Morgan fingerprint density at radius 3 is 2.59 bits per heavy atom. The maximum Gasteiger partial charge on any atom is 0.217 e. The van der Waals surface area contributed by atoms with E-state index in [1.165, 1.54) is 6.92 Å². The number of hydrogen-bond donors (Lipinski definition) is 1. The summed E-state index contributed by atoms with van der Waals surface area (Å²) < 4.78 is 19.1. The van der Waals surface area contributed by atoms with Crippen LogP contribution < -0.4 is 5.32 Å². The summed E-state index contributed by atoms with van der Waals surface area (Å²) in [6.45, 7) is 9.48. The minimum absolute atomic E-state index is 0.0957. The van der Waals surface area contributed by atoms with Crippen molar-refractivity contribution < 1.29 is 19.0 Å². The monoisotopic (exact) mass is 375 g/mol. The van der Waals surface area contributed by atoms with Gasteiger partial charge in [-0.1, -0.05) is 29.8 Å². The topological polar surface area (TPSA) is 56.8 Å². The van der Waals surface area contributed by atoms with Crippen LogP contribution in [0.5, 0.6) is 0 Å². The molecule has 0 aromatic rings. The normalized spacial score (nSPS) is 33.5. The maximum atomic E-state index is 11.6. The van der Waals surface area contributed by atoms with Crippen LogP contribution in [0.25, 0.3) is 0 Å². The predicted molar refractivity (Wildman–Crippen MR) is 87.7 cm³/mol. The lowest BCUT2D eigenvalue weighted by molar-refractivity contribution is -0.151. The van der Waals surface area contributed by atoms with Gasteiger partial charge in [0.2, 0.25) is 5.91 Å². The molecule has 2 aliphatic rings. The highest BCUT2D eigenvalue weighted by molar-refractivity contribution is 9.11. The zero-order chi connectivity index (χ0) is 16.5. The molecule has 5 nitrogen and oxygen atoms in total. The van der Waals surface area contributed by atoms with Gasteiger partial charge in [-0.05, 0) is 32.8 Å². The molecule has 1 aliphatic heterocycles. The first kappa shape index (κ1) is 17.9. The van der Waals surface area contributed by atoms with Crippen molar-refractivity contribution in [1.29, 1.82) is 0 Å². The number of hydrogen-bond acceptors (Lipinski definition) is 4. The number of carbonyl (C=O) groups is 1. The lowest BCUT2D eigenvalue weighted by Gasteiger charge is -2.37. The molecule has 6 heteroatoms. The van der Waals surface area contributed by atoms with Gasteiger partial charge in [-0.25, -0.2) is 0 Å². The Labute approximate surface area is 140 Å². The van der Waals surface area contributed by atoms with E-state index >= 15 is 0 Å². The summed E-state index contributed by atoms with van der Waals surface area (Å²) in [4.78, 5) is 11.6. The molecule has 0 saturated carbocycles. The smallest absolute Gasteiger partial charge is 0.217 e. The SMILES string of the molecule is CCC(CC)O[C@H]1C=C(Br)[C@H]2OC(C)(C)O[C@H]2[C@H]1NC(C)=O. The van der Waals surface area contributed by atoms with Crippen LogP contribution in [-0.4, -0.2) is 42.2 Å². The van der Waals surface area contributed by atoms with Crippen molar-refractivity contribution in [3.05, 3.63) is 10.6 Å². The van der Waals surface area contributed by atoms with Crippen molar-refractivity contribution >= 4 is 21.8 Å². The largest absolute Gasteiger partial charge is 0.369 e. The average molecular weight is 376 g/mol. The predicted octanol–water partition coefficient (Wildman–Crippen LogP) is 2.88. The van der Waals surface area contributed by atoms with Crippen molar-refractivity contribution in [3.63, 3.8) is 0 Å². The van der Waals surface area contributed by atoms with E-state index in [4.69, 9.17) is 14.2 Å². The van der Waals surface area contributed by atoms with Gasteiger partial charge in [0, 0.05) is 11.4 Å². The molecule has 1 N–H and O–H groups in total. The number of nitrogens with one attached hydrogen (secondary N) is 1. The number of fused-ring (bicyclic) bond motifs is 1. The maximum absolute atomic E-state index is 11.6. The van der Waals surface area contributed by atoms with Gasteiger partial charge in [0.1, 0.15) is 12.2 Å². The van der Waals surface area contributed by atoms with Crippen LogP contribution in [-0.2, 0) is 19.0 Å². The fraction of sp³-hybridized carbons (Fsp3) is 0.812. The molecule has 1 saturated heterocycles. The Bertz CT molecular complexity index is 447. The van der Waals surface area contributed by atoms with Gasteiger partial charge in [0.05, 0.1) is 18.2 Å². The molecule has 2 rings (SSSR count). The van der Waals surface area contributed by atoms with Crippen molar-refractivity contribution in [1.82, 2.24) is 5.32 Å². The van der Waals surface area contributed by atoms with Crippen LogP contribution in [0.2, 0.25) is 0 Å². The summed E-state index contributed by atoms with van der Waals surface area (Å²) in [5.41, 5.74) is 0. The summed E-state index contributed by atoms with van der Waals surface area (Å²) in [6, 6.07) is -0.258. The molecule has 1 heterocycles. The van der Waals surface area contributed by atoms with Gasteiger partial charge in [-0.3, -0.25) is 4.79 Å². The fourth-order valence-electron chi connectivity index (χ4n) is 3.03. The zero-order valence-corrected chi connectivity index (χ0v) is 15.5. The second-order valence-electron chi connectivity index (χ2n) is 6.34.